The summed E-state index contributed by atoms with van der Waals surface area (Å²) in [5.74, 6) is 0.611. The second kappa shape index (κ2) is 5.73. The lowest BCUT2D eigenvalue weighted by Gasteiger charge is -2.08. The average Bonchev–Trinajstić information content (AvgIpc) is 2.76. The summed E-state index contributed by atoms with van der Waals surface area (Å²) in [6.45, 7) is 4.61. The fraction of sp³-hybridized carbons (Fsp3) is 0.429. The second-order valence-electron chi connectivity index (χ2n) is 4.40. The summed E-state index contributed by atoms with van der Waals surface area (Å²) in [5, 5.41) is 0. The molecule has 5 heteroatoms. The number of aromatic nitrogens is 2. The van der Waals surface area contributed by atoms with Gasteiger partial charge in [0, 0.05) is 6.42 Å². The molecule has 2 rings (SSSR count). The maximum Gasteiger partial charge on any atom is 0.326 e. The summed E-state index contributed by atoms with van der Waals surface area (Å²) >= 11 is 0. The average molecular weight is 261 g/mol. The van der Waals surface area contributed by atoms with Gasteiger partial charge in [-0.2, -0.15) is 0 Å². The van der Waals surface area contributed by atoms with Crippen molar-refractivity contribution in [2.75, 3.05) is 12.3 Å². The minimum absolute atomic E-state index is 0.184. The van der Waals surface area contributed by atoms with Gasteiger partial charge >= 0.3 is 5.97 Å². The highest BCUT2D eigenvalue weighted by atomic mass is 16.5. The molecule has 0 aliphatic rings. The Morgan fingerprint density at radius 1 is 1.42 bits per heavy atom. The Morgan fingerprint density at radius 2 is 2.21 bits per heavy atom. The van der Waals surface area contributed by atoms with Gasteiger partial charge in [0.2, 0.25) is 0 Å². The molecule has 0 aliphatic heterocycles. The normalized spacial score (nSPS) is 10.8. The van der Waals surface area contributed by atoms with E-state index in [1.807, 2.05) is 36.6 Å². The third-order valence-electron chi connectivity index (χ3n) is 2.96. The van der Waals surface area contributed by atoms with Crippen LogP contribution in [0.1, 0.15) is 26.1 Å². The fourth-order valence-electron chi connectivity index (χ4n) is 2.05. The zero-order valence-corrected chi connectivity index (χ0v) is 11.3. The van der Waals surface area contributed by atoms with Crippen molar-refractivity contribution in [2.24, 2.45) is 0 Å². The highest BCUT2D eigenvalue weighted by molar-refractivity contribution is 5.88. The highest BCUT2D eigenvalue weighted by Gasteiger charge is 2.14. The van der Waals surface area contributed by atoms with E-state index in [-0.39, 0.29) is 12.5 Å². The van der Waals surface area contributed by atoms with Crippen LogP contribution < -0.4 is 5.73 Å². The van der Waals surface area contributed by atoms with Crippen molar-refractivity contribution >= 4 is 22.7 Å². The molecule has 2 N–H and O–H groups in total. The van der Waals surface area contributed by atoms with Crippen LogP contribution in [-0.4, -0.2) is 22.1 Å². The number of hydrogen-bond donors (Lipinski definition) is 1. The number of aryl methyl sites for hydroxylation is 1. The summed E-state index contributed by atoms with van der Waals surface area (Å²) in [7, 11) is 0. The Balaban J connectivity index is 2.35. The molecule has 0 bridgehead atoms. The Kier molecular flexibility index (Phi) is 4.04. The highest BCUT2D eigenvalue weighted by Crippen LogP contribution is 2.22. The topological polar surface area (TPSA) is 70.1 Å². The number of hydrogen-bond acceptors (Lipinski definition) is 4. The van der Waals surface area contributed by atoms with E-state index in [9.17, 15) is 4.79 Å². The molecule has 0 saturated heterocycles. The van der Waals surface area contributed by atoms with Crippen LogP contribution in [-0.2, 0) is 22.5 Å². The van der Waals surface area contributed by atoms with Crippen LogP contribution in [0.2, 0.25) is 0 Å². The fourth-order valence-corrected chi connectivity index (χ4v) is 2.05. The van der Waals surface area contributed by atoms with Crippen molar-refractivity contribution in [2.45, 2.75) is 33.2 Å². The lowest BCUT2D eigenvalue weighted by molar-refractivity contribution is -0.144. The van der Waals surface area contributed by atoms with Crippen LogP contribution in [0.25, 0.3) is 11.0 Å². The van der Waals surface area contributed by atoms with Crippen LogP contribution in [0.15, 0.2) is 18.2 Å². The predicted octanol–water partition coefficient (Wildman–Crippen LogP) is 2.13. The Morgan fingerprint density at radius 3 is 2.89 bits per heavy atom. The van der Waals surface area contributed by atoms with Gasteiger partial charge < -0.3 is 15.0 Å². The number of esters is 1. The third kappa shape index (κ3) is 2.70. The van der Waals surface area contributed by atoms with Crippen molar-refractivity contribution in [3.63, 3.8) is 0 Å². The zero-order valence-electron chi connectivity index (χ0n) is 11.3. The van der Waals surface area contributed by atoms with Gasteiger partial charge in [0.25, 0.3) is 0 Å². The molecule has 0 saturated carbocycles. The van der Waals surface area contributed by atoms with Gasteiger partial charge in [-0.05, 0) is 18.6 Å². The number of nitrogens with two attached hydrogens (primary N) is 1. The minimum Gasteiger partial charge on any atom is -0.464 e. The number of nitrogens with zero attached hydrogens (tertiary/aromatic N) is 2. The molecule has 1 aromatic heterocycles. The number of rotatable bonds is 5. The molecule has 5 nitrogen and oxygen atoms in total. The lowest BCUT2D eigenvalue weighted by Crippen LogP contribution is -2.15. The Hall–Kier alpha value is -2.04. The first kappa shape index (κ1) is 13.4. The Bertz CT molecular complexity index is 590. The molecule has 2 aromatic rings. The van der Waals surface area contributed by atoms with E-state index in [0.717, 1.165) is 29.7 Å². The van der Waals surface area contributed by atoms with Crippen LogP contribution in [0, 0.1) is 0 Å². The van der Waals surface area contributed by atoms with E-state index in [1.165, 1.54) is 0 Å². The zero-order chi connectivity index (χ0) is 13.8. The van der Waals surface area contributed by atoms with Gasteiger partial charge in [-0.1, -0.05) is 19.9 Å². The summed E-state index contributed by atoms with van der Waals surface area (Å²) < 4.78 is 7.00. The van der Waals surface area contributed by atoms with Crippen molar-refractivity contribution in [1.82, 2.24) is 9.55 Å². The molecule has 1 heterocycles. The molecule has 0 aliphatic carbocycles. The van der Waals surface area contributed by atoms with Gasteiger partial charge in [0.1, 0.15) is 17.9 Å². The third-order valence-corrected chi connectivity index (χ3v) is 2.96. The van der Waals surface area contributed by atoms with Crippen LogP contribution in [0.4, 0.5) is 5.69 Å². The minimum atomic E-state index is -0.238. The van der Waals surface area contributed by atoms with E-state index >= 15 is 0 Å². The number of ether oxygens (including phenoxy) is 1. The molecular weight excluding hydrogens is 242 g/mol. The van der Waals surface area contributed by atoms with Crippen LogP contribution >= 0.6 is 0 Å². The Labute approximate surface area is 112 Å². The number of fused-ring (bicyclic) bond motifs is 1. The number of imidazole rings is 1. The van der Waals surface area contributed by atoms with Gasteiger partial charge in [0.15, 0.2) is 0 Å². The maximum atomic E-state index is 11.8. The van der Waals surface area contributed by atoms with Gasteiger partial charge in [-0.15, -0.1) is 0 Å². The van der Waals surface area contributed by atoms with Crippen molar-refractivity contribution in [3.8, 4) is 0 Å². The molecule has 0 unspecified atom stereocenters. The number of nitrogen functional groups attached to an aromatic ring is 1. The summed E-state index contributed by atoms with van der Waals surface area (Å²) in [6.07, 6.45) is 1.57. The van der Waals surface area contributed by atoms with Crippen LogP contribution in [0.3, 0.4) is 0 Å². The molecule has 0 amide bonds. The monoisotopic (exact) mass is 261 g/mol. The number of anilines is 1. The van der Waals surface area contributed by atoms with E-state index in [4.69, 9.17) is 10.5 Å². The van der Waals surface area contributed by atoms with Crippen molar-refractivity contribution in [1.29, 1.82) is 0 Å². The molecule has 1 aromatic carbocycles. The molecule has 0 fully saturated rings. The molecular formula is C14H19N3O2. The van der Waals surface area contributed by atoms with Gasteiger partial charge in [-0.25, -0.2) is 4.98 Å². The quantitative estimate of drug-likeness (QED) is 0.661. The molecule has 102 valence electrons. The van der Waals surface area contributed by atoms with E-state index in [0.29, 0.717) is 12.3 Å². The largest absolute Gasteiger partial charge is 0.464 e. The first-order valence-electron chi connectivity index (χ1n) is 6.56. The lowest BCUT2D eigenvalue weighted by atomic mass is 10.3. The first-order chi connectivity index (χ1) is 9.17. The number of para-hydroxylation sites is 1. The number of carbonyl (C=O) groups is 1. The van der Waals surface area contributed by atoms with Crippen molar-refractivity contribution in [3.05, 3.63) is 24.0 Å². The summed E-state index contributed by atoms with van der Waals surface area (Å²) in [6, 6.07) is 5.60. The van der Waals surface area contributed by atoms with Crippen molar-refractivity contribution < 1.29 is 9.53 Å². The first-order valence-corrected chi connectivity index (χ1v) is 6.56. The van der Waals surface area contributed by atoms with Gasteiger partial charge in [0.05, 0.1) is 17.8 Å². The molecule has 0 spiro atoms. The second-order valence-corrected chi connectivity index (χ2v) is 4.40. The van der Waals surface area contributed by atoms with Gasteiger partial charge in [-0.3, -0.25) is 4.79 Å². The predicted molar refractivity (Wildman–Crippen MR) is 74.8 cm³/mol. The standard InChI is InChI=1S/C14H19N3O2/c1-3-8-19-13(18)9-17-11-7-5-6-10(15)14(11)16-12(17)4-2/h5-7H,3-4,8-9,15H2,1-2H3. The van der Waals surface area contributed by atoms with E-state index < -0.39 is 0 Å². The molecule has 0 radical (unpaired) electrons. The molecule has 19 heavy (non-hydrogen) atoms. The number of benzene rings is 1. The summed E-state index contributed by atoms with van der Waals surface area (Å²) in [4.78, 5) is 16.3. The van der Waals surface area contributed by atoms with Crippen LogP contribution in [0.5, 0.6) is 0 Å². The molecule has 0 atom stereocenters. The summed E-state index contributed by atoms with van der Waals surface area (Å²) in [5.41, 5.74) is 8.18. The van der Waals surface area contributed by atoms with E-state index in [1.54, 1.807) is 0 Å². The SMILES string of the molecule is CCCOC(=O)Cn1c(CC)nc2c(N)cccc21. The van der Waals surface area contributed by atoms with E-state index in [2.05, 4.69) is 4.98 Å². The number of carbonyl (C=O) groups excluding carboxylic acids is 1. The smallest absolute Gasteiger partial charge is 0.326 e. The maximum absolute atomic E-state index is 11.8.